The first-order valence-corrected chi connectivity index (χ1v) is 9.72. The van der Waals surface area contributed by atoms with Crippen molar-refractivity contribution in [3.63, 3.8) is 0 Å². The maximum atomic E-state index is 13.0. The summed E-state index contributed by atoms with van der Waals surface area (Å²) in [5.41, 5.74) is 5.83. The number of amides is 1. The monoisotopic (exact) mass is 379 g/mol. The molecule has 29 heavy (non-hydrogen) atoms. The number of fused-ring (bicyclic) bond motifs is 9. The molecule has 1 amide bonds. The van der Waals surface area contributed by atoms with Gasteiger partial charge in [-0.15, -0.1) is 0 Å². The third-order valence-electron chi connectivity index (χ3n) is 6.40. The molecule has 0 spiro atoms. The van der Waals surface area contributed by atoms with E-state index in [1.54, 1.807) is 0 Å². The standard InChI is InChI=1S/C23H17N5O/c1-26-10-27-14-8-4-2-6-12(14)16-18-19(23(29)25-22(18)24)17-13-7-3-5-9-15(13)28(11-26)21(17)20(16)27/h2-9H,10-11H2,1H3,(H2,24,25,29). The molecule has 2 aromatic heterocycles. The molecule has 2 aliphatic heterocycles. The number of aromatic nitrogens is 2. The van der Waals surface area contributed by atoms with Crippen LogP contribution in [0.2, 0.25) is 0 Å². The molecule has 7 rings (SSSR count). The van der Waals surface area contributed by atoms with Gasteiger partial charge in [0, 0.05) is 27.1 Å². The number of nitrogens with one attached hydrogen (secondary N) is 2. The van der Waals surface area contributed by atoms with Gasteiger partial charge in [-0.05, 0) is 19.2 Å². The fraction of sp³-hybridized carbons (Fsp3) is 0.130. The highest BCUT2D eigenvalue weighted by Gasteiger charge is 2.35. The Bertz CT molecular complexity index is 1470. The minimum absolute atomic E-state index is 0.177. The molecule has 0 saturated heterocycles. The Hall–Kier alpha value is -3.64. The molecule has 0 atom stereocenters. The Balaban J connectivity index is 1.93. The molecule has 0 radical (unpaired) electrons. The van der Waals surface area contributed by atoms with Crippen LogP contribution in [0.4, 0.5) is 0 Å². The largest absolute Gasteiger partial charge is 0.325 e. The summed E-state index contributed by atoms with van der Waals surface area (Å²) in [6.07, 6.45) is 0. The Kier molecular flexibility index (Phi) is 2.56. The fourth-order valence-corrected chi connectivity index (χ4v) is 5.39. The smallest absolute Gasteiger partial charge is 0.258 e. The number of carbonyl (C=O) groups excluding carboxylic acids is 1. The van der Waals surface area contributed by atoms with Gasteiger partial charge in [0.15, 0.2) is 0 Å². The number of carbonyl (C=O) groups is 1. The number of amidine groups is 1. The fourth-order valence-electron chi connectivity index (χ4n) is 5.39. The van der Waals surface area contributed by atoms with Crippen molar-refractivity contribution in [2.75, 3.05) is 7.05 Å². The first-order chi connectivity index (χ1) is 14.1. The lowest BCUT2D eigenvalue weighted by Crippen LogP contribution is -2.22. The van der Waals surface area contributed by atoms with Gasteiger partial charge in [0.1, 0.15) is 5.84 Å². The Labute approximate surface area is 165 Å². The zero-order valence-electron chi connectivity index (χ0n) is 15.8. The van der Waals surface area contributed by atoms with Crippen molar-refractivity contribution >= 4 is 55.4 Å². The Morgan fingerprint density at radius 3 is 1.93 bits per heavy atom. The number of rotatable bonds is 0. The van der Waals surface area contributed by atoms with Crippen molar-refractivity contribution in [3.05, 3.63) is 59.7 Å². The second kappa shape index (κ2) is 4.85. The molecule has 0 bridgehead atoms. The summed E-state index contributed by atoms with van der Waals surface area (Å²) in [7, 11) is 2.12. The van der Waals surface area contributed by atoms with Crippen LogP contribution in [0.15, 0.2) is 48.5 Å². The minimum Gasteiger partial charge on any atom is -0.325 e. The Morgan fingerprint density at radius 1 is 0.828 bits per heavy atom. The van der Waals surface area contributed by atoms with E-state index < -0.39 is 0 Å². The summed E-state index contributed by atoms with van der Waals surface area (Å²) < 4.78 is 4.66. The van der Waals surface area contributed by atoms with Gasteiger partial charge in [0.25, 0.3) is 5.91 Å². The molecule has 0 saturated carbocycles. The van der Waals surface area contributed by atoms with Crippen molar-refractivity contribution in [1.82, 2.24) is 19.4 Å². The van der Waals surface area contributed by atoms with Crippen LogP contribution in [0, 0.1) is 5.41 Å². The summed E-state index contributed by atoms with van der Waals surface area (Å²) in [4.78, 5) is 15.3. The second-order valence-corrected chi connectivity index (χ2v) is 8.06. The molecular formula is C23H17N5O. The molecule has 0 fully saturated rings. The van der Waals surface area contributed by atoms with Crippen molar-refractivity contribution < 1.29 is 4.79 Å². The van der Waals surface area contributed by atoms with E-state index in [2.05, 4.69) is 56.7 Å². The van der Waals surface area contributed by atoms with Gasteiger partial charge in [-0.1, -0.05) is 36.4 Å². The van der Waals surface area contributed by atoms with Gasteiger partial charge < -0.3 is 14.5 Å². The lowest BCUT2D eigenvalue weighted by Gasteiger charge is -2.17. The zero-order valence-corrected chi connectivity index (χ0v) is 15.8. The van der Waals surface area contributed by atoms with Gasteiger partial charge in [-0.3, -0.25) is 15.1 Å². The zero-order chi connectivity index (χ0) is 19.4. The Morgan fingerprint density at radius 2 is 1.34 bits per heavy atom. The molecule has 5 aromatic rings. The number of benzene rings is 3. The minimum atomic E-state index is -0.177. The van der Waals surface area contributed by atoms with Gasteiger partial charge in [0.05, 0.1) is 41.0 Å². The topological polar surface area (TPSA) is 66.1 Å². The molecule has 4 heterocycles. The average molecular weight is 379 g/mol. The van der Waals surface area contributed by atoms with Crippen molar-refractivity contribution in [3.8, 4) is 0 Å². The van der Waals surface area contributed by atoms with Crippen LogP contribution in [-0.4, -0.2) is 32.8 Å². The van der Waals surface area contributed by atoms with Crippen LogP contribution >= 0.6 is 0 Å². The number of hydrogen-bond donors (Lipinski definition) is 2. The van der Waals surface area contributed by atoms with E-state index in [-0.39, 0.29) is 11.7 Å². The van der Waals surface area contributed by atoms with Crippen molar-refractivity contribution in [2.24, 2.45) is 0 Å². The molecule has 0 unspecified atom stereocenters. The van der Waals surface area contributed by atoms with Gasteiger partial charge >= 0.3 is 0 Å². The molecule has 3 aromatic carbocycles. The van der Waals surface area contributed by atoms with E-state index in [1.807, 2.05) is 18.2 Å². The predicted octanol–water partition coefficient (Wildman–Crippen LogP) is 3.83. The lowest BCUT2D eigenvalue weighted by molar-refractivity contribution is 0.0984. The maximum absolute atomic E-state index is 13.0. The van der Waals surface area contributed by atoms with Gasteiger partial charge in [-0.25, -0.2) is 0 Å². The van der Waals surface area contributed by atoms with Crippen LogP contribution in [-0.2, 0) is 13.3 Å². The number of para-hydroxylation sites is 2. The molecule has 140 valence electrons. The average Bonchev–Trinajstić information content (AvgIpc) is 3.27. The van der Waals surface area contributed by atoms with E-state index in [4.69, 9.17) is 5.41 Å². The highest BCUT2D eigenvalue weighted by molar-refractivity contribution is 6.39. The first kappa shape index (κ1) is 15.3. The van der Waals surface area contributed by atoms with E-state index in [9.17, 15) is 4.79 Å². The SMILES string of the molecule is CN1Cn2c3ccccc3c3c4c(c5c6ccccc6n(c5c32)C1)C(=O)NC4=N. The van der Waals surface area contributed by atoms with Crippen LogP contribution < -0.4 is 5.32 Å². The lowest BCUT2D eigenvalue weighted by atomic mass is 9.96. The molecular weight excluding hydrogens is 362 g/mol. The van der Waals surface area contributed by atoms with Crippen LogP contribution in [0.1, 0.15) is 15.9 Å². The third kappa shape index (κ3) is 1.63. The first-order valence-electron chi connectivity index (χ1n) is 9.72. The second-order valence-electron chi connectivity index (χ2n) is 8.06. The van der Waals surface area contributed by atoms with Gasteiger partial charge in [-0.2, -0.15) is 0 Å². The highest BCUT2D eigenvalue weighted by Crippen LogP contribution is 2.45. The summed E-state index contributed by atoms with van der Waals surface area (Å²) >= 11 is 0. The third-order valence-corrected chi connectivity index (χ3v) is 6.40. The van der Waals surface area contributed by atoms with E-state index in [0.717, 1.165) is 62.5 Å². The van der Waals surface area contributed by atoms with E-state index >= 15 is 0 Å². The summed E-state index contributed by atoms with van der Waals surface area (Å²) in [6, 6.07) is 16.6. The van der Waals surface area contributed by atoms with Crippen LogP contribution in [0.25, 0.3) is 43.6 Å². The molecule has 6 heteroatoms. The predicted molar refractivity (Wildman–Crippen MR) is 115 cm³/mol. The van der Waals surface area contributed by atoms with Crippen molar-refractivity contribution in [1.29, 1.82) is 5.41 Å². The van der Waals surface area contributed by atoms with Crippen molar-refractivity contribution in [2.45, 2.75) is 13.3 Å². The molecule has 2 aliphatic rings. The van der Waals surface area contributed by atoms with Crippen LogP contribution in [0.5, 0.6) is 0 Å². The summed E-state index contributed by atoms with van der Waals surface area (Å²) in [5.74, 6) is 0.0217. The number of nitrogens with zero attached hydrogens (tertiary/aromatic N) is 3. The van der Waals surface area contributed by atoms with Crippen LogP contribution in [0.3, 0.4) is 0 Å². The summed E-state index contributed by atoms with van der Waals surface area (Å²) in [5, 5.41) is 15.5. The molecule has 6 nitrogen and oxygen atoms in total. The quantitative estimate of drug-likeness (QED) is 0.429. The molecule has 2 N–H and O–H groups in total. The summed E-state index contributed by atoms with van der Waals surface area (Å²) in [6.45, 7) is 1.50. The highest BCUT2D eigenvalue weighted by atomic mass is 16.2. The van der Waals surface area contributed by atoms with E-state index in [0.29, 0.717) is 5.56 Å². The van der Waals surface area contributed by atoms with Gasteiger partial charge in [0.2, 0.25) is 0 Å². The van der Waals surface area contributed by atoms with E-state index in [1.165, 1.54) is 0 Å². The maximum Gasteiger partial charge on any atom is 0.258 e. The molecule has 0 aliphatic carbocycles. The normalized spacial score (nSPS) is 16.4. The number of hydrogen-bond acceptors (Lipinski definition) is 3.